The zero-order valence-electron chi connectivity index (χ0n) is 8.97. The molecule has 0 radical (unpaired) electrons. The van der Waals surface area contributed by atoms with Gasteiger partial charge in [0, 0.05) is 4.90 Å². The summed E-state index contributed by atoms with van der Waals surface area (Å²) in [5, 5.41) is 0. The first-order chi connectivity index (χ1) is 7.78. The molecule has 0 unspecified atom stereocenters. The Balaban J connectivity index is 1.99. The molecule has 0 aliphatic heterocycles. The monoisotopic (exact) mass is 232 g/mol. The van der Waals surface area contributed by atoms with Crippen molar-refractivity contribution < 1.29 is 9.21 Å². The van der Waals surface area contributed by atoms with Crippen LogP contribution in [-0.4, -0.2) is 6.29 Å². The van der Waals surface area contributed by atoms with Crippen LogP contribution in [-0.2, 0) is 5.75 Å². The number of hydrogen-bond donors (Lipinski definition) is 0. The summed E-state index contributed by atoms with van der Waals surface area (Å²) in [6.07, 6.45) is 0.723. The number of hydrogen-bond acceptors (Lipinski definition) is 3. The van der Waals surface area contributed by atoms with E-state index in [1.54, 1.807) is 17.8 Å². The van der Waals surface area contributed by atoms with Crippen LogP contribution in [0.2, 0.25) is 0 Å². The summed E-state index contributed by atoms with van der Waals surface area (Å²) in [5.41, 5.74) is 1.25. The van der Waals surface area contributed by atoms with Gasteiger partial charge in [0.05, 0.1) is 5.75 Å². The van der Waals surface area contributed by atoms with E-state index >= 15 is 0 Å². The van der Waals surface area contributed by atoms with Crippen LogP contribution in [0.4, 0.5) is 0 Å². The van der Waals surface area contributed by atoms with E-state index in [0.29, 0.717) is 5.76 Å². The SMILES string of the molecule is Cc1cccc(SCc2ccc(C=O)o2)c1. The zero-order chi connectivity index (χ0) is 11.4. The quantitative estimate of drug-likeness (QED) is 0.595. The summed E-state index contributed by atoms with van der Waals surface area (Å²) in [6.45, 7) is 2.07. The molecule has 2 rings (SSSR count). The fraction of sp³-hybridized carbons (Fsp3) is 0.154. The van der Waals surface area contributed by atoms with E-state index in [9.17, 15) is 4.79 Å². The van der Waals surface area contributed by atoms with Gasteiger partial charge >= 0.3 is 0 Å². The summed E-state index contributed by atoms with van der Waals surface area (Å²) in [4.78, 5) is 11.7. The topological polar surface area (TPSA) is 30.2 Å². The van der Waals surface area contributed by atoms with Crippen LogP contribution in [0, 0.1) is 6.92 Å². The van der Waals surface area contributed by atoms with Crippen LogP contribution >= 0.6 is 11.8 Å². The first-order valence-electron chi connectivity index (χ1n) is 5.01. The average Bonchev–Trinajstić information content (AvgIpc) is 2.74. The average molecular weight is 232 g/mol. The summed E-state index contributed by atoms with van der Waals surface area (Å²) in [5.74, 6) is 1.96. The number of thioether (sulfide) groups is 1. The molecule has 1 aromatic carbocycles. The molecule has 2 aromatic rings. The van der Waals surface area contributed by atoms with Gasteiger partial charge in [-0.3, -0.25) is 4.79 Å². The molecular formula is C13H12O2S. The van der Waals surface area contributed by atoms with E-state index in [2.05, 4.69) is 25.1 Å². The van der Waals surface area contributed by atoms with E-state index in [4.69, 9.17) is 4.42 Å². The molecule has 1 aromatic heterocycles. The normalized spacial score (nSPS) is 10.3. The molecular weight excluding hydrogens is 220 g/mol. The maximum absolute atomic E-state index is 10.4. The minimum absolute atomic E-state index is 0.389. The fourth-order valence-corrected chi connectivity index (χ4v) is 2.30. The van der Waals surface area contributed by atoms with Gasteiger partial charge in [0.2, 0.25) is 0 Å². The number of benzene rings is 1. The Bertz CT molecular complexity index is 488. The standard InChI is InChI=1S/C13H12O2S/c1-10-3-2-4-13(7-10)16-9-12-6-5-11(8-14)15-12/h2-8H,9H2,1H3. The van der Waals surface area contributed by atoms with Crippen LogP contribution in [0.1, 0.15) is 21.9 Å². The van der Waals surface area contributed by atoms with E-state index in [1.165, 1.54) is 10.5 Å². The van der Waals surface area contributed by atoms with Gasteiger partial charge in [0.1, 0.15) is 5.76 Å². The maximum atomic E-state index is 10.4. The highest BCUT2D eigenvalue weighted by molar-refractivity contribution is 7.98. The van der Waals surface area contributed by atoms with Crippen LogP contribution in [0.15, 0.2) is 45.7 Å². The van der Waals surface area contributed by atoms with Gasteiger partial charge in [-0.15, -0.1) is 11.8 Å². The summed E-state index contributed by atoms with van der Waals surface area (Å²) in [6, 6.07) is 11.8. The van der Waals surface area contributed by atoms with Crippen LogP contribution < -0.4 is 0 Å². The van der Waals surface area contributed by atoms with Crippen molar-refractivity contribution in [3.8, 4) is 0 Å². The molecule has 0 spiro atoms. The number of carbonyl (C=O) groups is 1. The van der Waals surface area contributed by atoms with Gasteiger partial charge < -0.3 is 4.42 Å². The van der Waals surface area contributed by atoms with Crippen molar-refractivity contribution in [1.29, 1.82) is 0 Å². The summed E-state index contributed by atoms with van der Waals surface area (Å²) >= 11 is 1.70. The van der Waals surface area contributed by atoms with Gasteiger partial charge in [-0.05, 0) is 31.2 Å². The lowest BCUT2D eigenvalue weighted by molar-refractivity contribution is 0.109. The van der Waals surface area contributed by atoms with Crippen LogP contribution in [0.5, 0.6) is 0 Å². The highest BCUT2D eigenvalue weighted by atomic mass is 32.2. The summed E-state index contributed by atoms with van der Waals surface area (Å²) < 4.78 is 5.30. The Morgan fingerprint density at radius 2 is 2.19 bits per heavy atom. The van der Waals surface area contributed by atoms with E-state index in [-0.39, 0.29) is 0 Å². The first-order valence-corrected chi connectivity index (χ1v) is 6.00. The minimum Gasteiger partial charge on any atom is -0.457 e. The van der Waals surface area contributed by atoms with Crippen LogP contribution in [0.3, 0.4) is 0 Å². The van der Waals surface area contributed by atoms with Gasteiger partial charge in [0.15, 0.2) is 12.0 Å². The molecule has 0 fully saturated rings. The second kappa shape index (κ2) is 5.03. The third-order valence-corrected chi connectivity index (χ3v) is 3.19. The van der Waals surface area contributed by atoms with Crippen molar-refractivity contribution in [3.05, 3.63) is 53.5 Å². The Hall–Kier alpha value is -1.48. The lowest BCUT2D eigenvalue weighted by Gasteiger charge is -2.00. The van der Waals surface area contributed by atoms with Gasteiger partial charge in [0.25, 0.3) is 0 Å². The van der Waals surface area contributed by atoms with Crippen molar-refractivity contribution in [2.75, 3.05) is 0 Å². The smallest absolute Gasteiger partial charge is 0.185 e. The first kappa shape index (κ1) is 11.0. The van der Waals surface area contributed by atoms with Crippen molar-refractivity contribution in [1.82, 2.24) is 0 Å². The number of carbonyl (C=O) groups excluding carboxylic acids is 1. The molecule has 0 atom stereocenters. The molecule has 0 bridgehead atoms. The lowest BCUT2D eigenvalue weighted by Crippen LogP contribution is -1.78. The van der Waals surface area contributed by atoms with E-state index in [1.807, 2.05) is 12.1 Å². The largest absolute Gasteiger partial charge is 0.457 e. The molecule has 16 heavy (non-hydrogen) atoms. The predicted octanol–water partition coefficient (Wildman–Crippen LogP) is 3.69. The Morgan fingerprint density at radius 1 is 1.31 bits per heavy atom. The third kappa shape index (κ3) is 2.76. The van der Waals surface area contributed by atoms with Crippen molar-refractivity contribution in [2.24, 2.45) is 0 Å². The van der Waals surface area contributed by atoms with Crippen molar-refractivity contribution in [2.45, 2.75) is 17.6 Å². The van der Waals surface area contributed by atoms with Gasteiger partial charge in [-0.2, -0.15) is 0 Å². The molecule has 0 aliphatic rings. The van der Waals surface area contributed by atoms with Crippen LogP contribution in [0.25, 0.3) is 0 Å². The van der Waals surface area contributed by atoms with E-state index < -0.39 is 0 Å². The molecule has 82 valence electrons. The Kier molecular flexibility index (Phi) is 3.47. The number of furan rings is 1. The zero-order valence-corrected chi connectivity index (χ0v) is 9.79. The second-order valence-electron chi connectivity index (χ2n) is 3.53. The molecule has 0 saturated heterocycles. The fourth-order valence-electron chi connectivity index (χ4n) is 1.40. The lowest BCUT2D eigenvalue weighted by atomic mass is 10.2. The molecule has 0 aliphatic carbocycles. The Morgan fingerprint density at radius 3 is 2.88 bits per heavy atom. The van der Waals surface area contributed by atoms with Gasteiger partial charge in [-0.1, -0.05) is 17.7 Å². The highest BCUT2D eigenvalue weighted by Gasteiger charge is 2.02. The van der Waals surface area contributed by atoms with Crippen molar-refractivity contribution >= 4 is 18.0 Å². The molecule has 3 heteroatoms. The van der Waals surface area contributed by atoms with Gasteiger partial charge in [-0.25, -0.2) is 0 Å². The molecule has 2 nitrogen and oxygen atoms in total. The minimum atomic E-state index is 0.389. The number of aldehydes is 1. The number of aryl methyl sites for hydroxylation is 1. The molecule has 0 amide bonds. The molecule has 0 N–H and O–H groups in total. The maximum Gasteiger partial charge on any atom is 0.185 e. The van der Waals surface area contributed by atoms with Crippen molar-refractivity contribution in [3.63, 3.8) is 0 Å². The second-order valence-corrected chi connectivity index (χ2v) is 4.58. The number of rotatable bonds is 4. The molecule has 1 heterocycles. The van der Waals surface area contributed by atoms with E-state index in [0.717, 1.165) is 17.8 Å². The third-order valence-electron chi connectivity index (χ3n) is 2.17. The Labute approximate surface area is 98.7 Å². The summed E-state index contributed by atoms with van der Waals surface area (Å²) in [7, 11) is 0. The predicted molar refractivity (Wildman–Crippen MR) is 64.8 cm³/mol. The molecule has 0 saturated carbocycles. The highest BCUT2D eigenvalue weighted by Crippen LogP contribution is 2.24.